The summed E-state index contributed by atoms with van der Waals surface area (Å²) < 4.78 is 1.80. The number of nitrogens with zero attached hydrogens (tertiary/aromatic N) is 2. The number of hydrogen-bond acceptors (Lipinski definition) is 3. The third-order valence-electron chi connectivity index (χ3n) is 5.99. The van der Waals surface area contributed by atoms with Gasteiger partial charge in [-0.05, 0) is 42.9 Å². The van der Waals surface area contributed by atoms with Crippen LogP contribution in [0.4, 0.5) is 0 Å². The zero-order chi connectivity index (χ0) is 17.5. The van der Waals surface area contributed by atoms with Gasteiger partial charge in [0.2, 0.25) is 5.91 Å². The fourth-order valence-corrected chi connectivity index (χ4v) is 4.65. The first kappa shape index (κ1) is 20.2. The summed E-state index contributed by atoms with van der Waals surface area (Å²) in [5, 5.41) is 7.60. The van der Waals surface area contributed by atoms with E-state index in [1.54, 1.807) is 4.68 Å². The second-order valence-corrected chi connectivity index (χ2v) is 8.95. The van der Waals surface area contributed by atoms with Crippen LogP contribution in [0, 0.1) is 23.2 Å². The molecule has 6 heteroatoms. The number of carbonyl (C=O) groups excluding carboxylic acids is 1. The number of halogens is 1. The molecule has 3 unspecified atom stereocenters. The summed E-state index contributed by atoms with van der Waals surface area (Å²) in [6, 6.07) is 0.286. The average molecular weight is 369 g/mol. The Bertz CT molecular complexity index is 580. The minimum absolute atomic E-state index is 0. The van der Waals surface area contributed by atoms with E-state index in [1.807, 2.05) is 19.4 Å². The molecule has 1 heterocycles. The Morgan fingerprint density at radius 2 is 1.92 bits per heavy atom. The molecule has 0 spiro atoms. The molecule has 2 saturated carbocycles. The van der Waals surface area contributed by atoms with E-state index in [4.69, 9.17) is 5.73 Å². The molecule has 5 nitrogen and oxygen atoms in total. The van der Waals surface area contributed by atoms with Crippen LogP contribution in [0.3, 0.4) is 0 Å². The molecule has 0 aromatic carbocycles. The van der Waals surface area contributed by atoms with Gasteiger partial charge in [0, 0.05) is 30.8 Å². The van der Waals surface area contributed by atoms with Gasteiger partial charge >= 0.3 is 0 Å². The minimum Gasteiger partial charge on any atom is -0.348 e. The van der Waals surface area contributed by atoms with E-state index in [0.717, 1.165) is 18.4 Å². The van der Waals surface area contributed by atoms with Crippen LogP contribution < -0.4 is 11.1 Å². The van der Waals surface area contributed by atoms with Gasteiger partial charge in [0.05, 0.1) is 12.2 Å². The molecule has 25 heavy (non-hydrogen) atoms. The Kier molecular flexibility index (Phi) is 6.21. The molecule has 3 atom stereocenters. The van der Waals surface area contributed by atoms with Crippen molar-refractivity contribution in [1.82, 2.24) is 15.1 Å². The maximum atomic E-state index is 13.0. The zero-order valence-electron chi connectivity index (χ0n) is 15.9. The molecule has 2 aliphatic rings. The number of nitrogens with one attached hydrogen (secondary N) is 1. The van der Waals surface area contributed by atoms with Gasteiger partial charge in [-0.25, -0.2) is 0 Å². The van der Waals surface area contributed by atoms with E-state index in [9.17, 15) is 4.79 Å². The molecule has 142 valence electrons. The largest absolute Gasteiger partial charge is 0.348 e. The highest BCUT2D eigenvalue weighted by Gasteiger charge is 2.41. The van der Waals surface area contributed by atoms with Gasteiger partial charge < -0.3 is 11.1 Å². The van der Waals surface area contributed by atoms with Crippen molar-refractivity contribution in [1.29, 1.82) is 0 Å². The number of aromatic nitrogens is 2. The molecule has 2 bridgehead atoms. The molecule has 1 aromatic rings. The Morgan fingerprint density at radius 3 is 2.40 bits per heavy atom. The lowest BCUT2D eigenvalue weighted by Crippen LogP contribution is -2.50. The lowest BCUT2D eigenvalue weighted by Gasteiger charge is -2.44. The average Bonchev–Trinajstić information content (AvgIpc) is 2.89. The Hall–Kier alpha value is -1.07. The molecule has 0 radical (unpaired) electrons. The molecule has 3 rings (SSSR count). The fraction of sp³-hybridized carbons (Fsp3) is 0.789. The highest BCUT2D eigenvalue weighted by atomic mass is 35.5. The van der Waals surface area contributed by atoms with Gasteiger partial charge in [-0.1, -0.05) is 27.2 Å². The first-order chi connectivity index (χ1) is 11.3. The Balaban J connectivity index is 0.00000225. The summed E-state index contributed by atoms with van der Waals surface area (Å²) >= 11 is 0. The number of hydrogen-bond donors (Lipinski definition) is 2. The van der Waals surface area contributed by atoms with E-state index in [0.29, 0.717) is 17.9 Å². The van der Waals surface area contributed by atoms with Crippen molar-refractivity contribution in [2.24, 2.45) is 36.0 Å². The van der Waals surface area contributed by atoms with Gasteiger partial charge in [0.25, 0.3) is 0 Å². The monoisotopic (exact) mass is 368 g/mol. The highest BCUT2D eigenvalue weighted by molar-refractivity contribution is 5.85. The van der Waals surface area contributed by atoms with Crippen molar-refractivity contribution in [3.8, 4) is 0 Å². The van der Waals surface area contributed by atoms with Crippen LogP contribution in [0.2, 0.25) is 0 Å². The van der Waals surface area contributed by atoms with Crippen molar-refractivity contribution in [2.75, 3.05) is 0 Å². The first-order valence-corrected chi connectivity index (χ1v) is 9.30. The van der Waals surface area contributed by atoms with Crippen LogP contribution in [0.1, 0.15) is 64.5 Å². The summed E-state index contributed by atoms with van der Waals surface area (Å²) in [5.74, 6) is 1.36. The fourth-order valence-electron chi connectivity index (χ4n) is 4.65. The van der Waals surface area contributed by atoms with Crippen LogP contribution in [0.25, 0.3) is 0 Å². The summed E-state index contributed by atoms with van der Waals surface area (Å²) in [6.07, 6.45) is 9.42. The summed E-state index contributed by atoms with van der Waals surface area (Å²) in [4.78, 5) is 13.0. The standard InChI is InChI=1S/C19H32N4O.ClH/c1-19(2,3)17(15-10-21-23(4)11-15)22-18(24)14-8-12-6-5-7-13(9-14)16(12)20;/h10-14,16-17H,5-9,20H2,1-4H3,(H,22,24);1H. The minimum atomic E-state index is -0.0559. The van der Waals surface area contributed by atoms with Crippen LogP contribution in [0.5, 0.6) is 0 Å². The molecular weight excluding hydrogens is 336 g/mol. The van der Waals surface area contributed by atoms with E-state index >= 15 is 0 Å². The van der Waals surface area contributed by atoms with Crippen molar-refractivity contribution in [3.05, 3.63) is 18.0 Å². The van der Waals surface area contributed by atoms with Gasteiger partial charge in [-0.15, -0.1) is 12.4 Å². The molecule has 0 aliphatic heterocycles. The van der Waals surface area contributed by atoms with Gasteiger partial charge in [0.1, 0.15) is 0 Å². The van der Waals surface area contributed by atoms with E-state index in [1.165, 1.54) is 19.3 Å². The number of aryl methyl sites for hydroxylation is 1. The molecular formula is C19H33ClN4O. The maximum absolute atomic E-state index is 13.0. The summed E-state index contributed by atoms with van der Waals surface area (Å²) in [7, 11) is 1.91. The van der Waals surface area contributed by atoms with Gasteiger partial charge in [-0.2, -0.15) is 5.10 Å². The SMILES string of the molecule is Cl.Cn1cc(C(NC(=O)C2CC3CCCC(C2)C3N)C(C)(C)C)cn1. The van der Waals surface area contributed by atoms with E-state index in [2.05, 4.69) is 31.2 Å². The number of nitrogens with two attached hydrogens (primary N) is 1. The third-order valence-corrected chi connectivity index (χ3v) is 5.99. The van der Waals surface area contributed by atoms with Crippen LogP contribution in [0.15, 0.2) is 12.4 Å². The normalized spacial score (nSPS) is 30.3. The lowest BCUT2D eigenvalue weighted by atomic mass is 9.65. The quantitative estimate of drug-likeness (QED) is 0.860. The second kappa shape index (κ2) is 7.67. The van der Waals surface area contributed by atoms with Gasteiger partial charge in [0.15, 0.2) is 0 Å². The maximum Gasteiger partial charge on any atom is 0.223 e. The van der Waals surface area contributed by atoms with E-state index < -0.39 is 0 Å². The topological polar surface area (TPSA) is 72.9 Å². The lowest BCUT2D eigenvalue weighted by molar-refractivity contribution is -0.129. The van der Waals surface area contributed by atoms with Crippen molar-refractivity contribution >= 4 is 18.3 Å². The molecule has 2 aliphatic carbocycles. The second-order valence-electron chi connectivity index (χ2n) is 8.95. The third kappa shape index (κ3) is 4.37. The molecule has 2 fully saturated rings. The predicted molar refractivity (Wildman–Crippen MR) is 102 cm³/mol. The number of rotatable bonds is 3. The Morgan fingerprint density at radius 1 is 1.32 bits per heavy atom. The van der Waals surface area contributed by atoms with E-state index in [-0.39, 0.29) is 35.7 Å². The number of carbonyl (C=O) groups is 1. The van der Waals surface area contributed by atoms with Crippen LogP contribution in [-0.4, -0.2) is 21.7 Å². The van der Waals surface area contributed by atoms with Crippen molar-refractivity contribution in [2.45, 2.75) is 65.0 Å². The smallest absolute Gasteiger partial charge is 0.223 e. The highest BCUT2D eigenvalue weighted by Crippen LogP contribution is 2.42. The molecule has 3 N–H and O–H groups in total. The van der Waals surface area contributed by atoms with Crippen molar-refractivity contribution < 1.29 is 4.79 Å². The summed E-state index contributed by atoms with van der Waals surface area (Å²) in [6.45, 7) is 6.49. The molecule has 0 saturated heterocycles. The number of amides is 1. The van der Waals surface area contributed by atoms with Crippen molar-refractivity contribution in [3.63, 3.8) is 0 Å². The van der Waals surface area contributed by atoms with Crippen LogP contribution in [-0.2, 0) is 11.8 Å². The zero-order valence-corrected chi connectivity index (χ0v) is 16.7. The van der Waals surface area contributed by atoms with Crippen LogP contribution >= 0.6 is 12.4 Å². The molecule has 1 aromatic heterocycles. The predicted octanol–water partition coefficient (Wildman–Crippen LogP) is 3.20. The molecule has 1 amide bonds. The Labute approximate surface area is 157 Å². The van der Waals surface area contributed by atoms with Gasteiger partial charge in [-0.3, -0.25) is 9.48 Å². The summed E-state index contributed by atoms with van der Waals surface area (Å²) in [5.41, 5.74) is 7.39. The number of fused-ring (bicyclic) bond motifs is 2. The first-order valence-electron chi connectivity index (χ1n) is 9.30.